The Kier molecular flexibility index (Phi) is 5.86. The molecule has 0 bridgehead atoms. The predicted octanol–water partition coefficient (Wildman–Crippen LogP) is 3.42. The molecular weight excluding hydrogens is 519 g/mol. The number of rotatable bonds is 3. The molecule has 3 heterocycles. The Morgan fingerprint density at radius 2 is 1.94 bits per heavy atom. The maximum atomic E-state index is 13.8. The molecule has 10 heteroatoms. The van der Waals surface area contributed by atoms with E-state index in [0.717, 1.165) is 9.64 Å². The number of hydrogen-bond donors (Lipinski definition) is 1. The first kappa shape index (κ1) is 21.9. The Bertz CT molecular complexity index is 1120. The summed E-state index contributed by atoms with van der Waals surface area (Å²) in [5.41, 5.74) is 0.209. The van der Waals surface area contributed by atoms with Crippen LogP contribution in [0.25, 0.3) is 16.7 Å². The number of anilines is 1. The summed E-state index contributed by atoms with van der Waals surface area (Å²) in [5.74, 6) is -1.10. The second-order valence-corrected chi connectivity index (χ2v) is 9.48. The van der Waals surface area contributed by atoms with Crippen molar-refractivity contribution in [3.63, 3.8) is 0 Å². The number of hydrogen-bond acceptors (Lipinski definition) is 6. The summed E-state index contributed by atoms with van der Waals surface area (Å²) in [6, 6.07) is 2.76. The van der Waals surface area contributed by atoms with Gasteiger partial charge >= 0.3 is 5.97 Å². The van der Waals surface area contributed by atoms with Crippen LogP contribution >= 0.6 is 22.6 Å². The second kappa shape index (κ2) is 8.30. The highest BCUT2D eigenvalue weighted by atomic mass is 127. The molecule has 1 N–H and O–H groups in total. The number of halogens is 3. The third-order valence-corrected chi connectivity index (χ3v) is 5.65. The van der Waals surface area contributed by atoms with Crippen LogP contribution < -0.4 is 10.2 Å². The van der Waals surface area contributed by atoms with Crippen LogP contribution in [0.2, 0.25) is 0 Å². The molecule has 0 radical (unpaired) electrons. The molecule has 0 spiro atoms. The van der Waals surface area contributed by atoms with E-state index in [9.17, 15) is 13.6 Å². The van der Waals surface area contributed by atoms with E-state index in [4.69, 9.17) is 4.74 Å². The average Bonchev–Trinajstić information content (AvgIpc) is 3.03. The summed E-state index contributed by atoms with van der Waals surface area (Å²) >= 11 is 2.14. The fourth-order valence-corrected chi connectivity index (χ4v) is 4.39. The van der Waals surface area contributed by atoms with Crippen molar-refractivity contribution in [2.75, 3.05) is 24.5 Å². The molecule has 1 aromatic carbocycles. The van der Waals surface area contributed by atoms with E-state index < -0.39 is 23.3 Å². The quantitative estimate of drug-likeness (QED) is 0.405. The first-order chi connectivity index (χ1) is 14.6. The third-order valence-electron chi connectivity index (χ3n) is 4.84. The van der Waals surface area contributed by atoms with E-state index in [1.165, 1.54) is 18.5 Å². The largest absolute Gasteiger partial charge is 0.458 e. The van der Waals surface area contributed by atoms with Gasteiger partial charge in [-0.3, -0.25) is 4.57 Å². The van der Waals surface area contributed by atoms with E-state index in [0.29, 0.717) is 42.2 Å². The normalized spacial score (nSPS) is 17.2. The van der Waals surface area contributed by atoms with Gasteiger partial charge in [-0.15, -0.1) is 0 Å². The van der Waals surface area contributed by atoms with Gasteiger partial charge in [0, 0.05) is 35.5 Å². The van der Waals surface area contributed by atoms with E-state index in [-0.39, 0.29) is 5.97 Å². The van der Waals surface area contributed by atoms with Crippen molar-refractivity contribution in [2.24, 2.45) is 0 Å². The highest BCUT2D eigenvalue weighted by Crippen LogP contribution is 2.33. The van der Waals surface area contributed by atoms with Gasteiger partial charge in [0.05, 0.1) is 11.1 Å². The van der Waals surface area contributed by atoms with E-state index in [2.05, 4.69) is 37.9 Å². The van der Waals surface area contributed by atoms with Gasteiger partial charge in [-0.25, -0.2) is 23.5 Å². The first-order valence-electron chi connectivity index (χ1n) is 9.82. The Morgan fingerprint density at radius 1 is 1.23 bits per heavy atom. The SMILES string of the molecule is CC(C)(C)OC(=O)C1CNCCN1c1ncnc2c1c(I)cn2-c1cc(F)cc(F)c1. The van der Waals surface area contributed by atoms with Crippen LogP contribution in [-0.4, -0.2) is 51.8 Å². The number of esters is 1. The fraction of sp³-hybridized carbons (Fsp3) is 0.381. The average molecular weight is 541 g/mol. The molecule has 7 nitrogen and oxygen atoms in total. The lowest BCUT2D eigenvalue weighted by atomic mass is 10.1. The van der Waals surface area contributed by atoms with E-state index >= 15 is 0 Å². The van der Waals surface area contributed by atoms with Crippen molar-refractivity contribution in [2.45, 2.75) is 32.4 Å². The van der Waals surface area contributed by atoms with Crippen molar-refractivity contribution in [3.8, 4) is 5.69 Å². The van der Waals surface area contributed by atoms with Gasteiger partial charge < -0.3 is 15.0 Å². The monoisotopic (exact) mass is 541 g/mol. The molecule has 2 aromatic heterocycles. The van der Waals surface area contributed by atoms with Crippen LogP contribution in [0.15, 0.2) is 30.7 Å². The van der Waals surface area contributed by atoms with Crippen LogP contribution in [0.3, 0.4) is 0 Å². The maximum absolute atomic E-state index is 13.8. The topological polar surface area (TPSA) is 72.3 Å². The Balaban J connectivity index is 1.81. The van der Waals surface area contributed by atoms with Crippen molar-refractivity contribution >= 4 is 45.4 Å². The van der Waals surface area contributed by atoms with Crippen molar-refractivity contribution in [3.05, 3.63) is 45.9 Å². The number of nitrogens with one attached hydrogen (secondary N) is 1. The zero-order chi connectivity index (χ0) is 22.3. The summed E-state index contributed by atoms with van der Waals surface area (Å²) in [7, 11) is 0. The highest BCUT2D eigenvalue weighted by Gasteiger charge is 2.34. The Labute approximate surface area is 191 Å². The molecule has 4 rings (SSSR count). The number of nitrogens with zero attached hydrogens (tertiary/aromatic N) is 4. The van der Waals surface area contributed by atoms with E-state index in [1.54, 1.807) is 10.8 Å². The van der Waals surface area contributed by atoms with Gasteiger partial charge in [0.15, 0.2) is 5.65 Å². The molecule has 31 heavy (non-hydrogen) atoms. The first-order valence-corrected chi connectivity index (χ1v) is 10.9. The molecule has 1 saturated heterocycles. The Hall–Kier alpha value is -2.34. The summed E-state index contributed by atoms with van der Waals surface area (Å²) in [4.78, 5) is 23.6. The standard InChI is InChI=1S/C21H22F2IN5O2/c1-21(2,3)31-20(30)16-9-25-4-5-28(16)18-17-15(24)10-29(19(17)27-11-26-18)14-7-12(22)6-13(23)8-14/h6-8,10-11,16,25H,4-5,9H2,1-3H3. The lowest BCUT2D eigenvalue weighted by molar-refractivity contribution is -0.156. The molecule has 3 aromatic rings. The van der Waals surface area contributed by atoms with Gasteiger partial charge in [-0.05, 0) is 55.5 Å². The molecule has 164 valence electrons. The number of ether oxygens (including phenoxy) is 1. The van der Waals surface area contributed by atoms with Crippen molar-refractivity contribution in [1.29, 1.82) is 0 Å². The summed E-state index contributed by atoms with van der Waals surface area (Å²) in [6.45, 7) is 7.14. The summed E-state index contributed by atoms with van der Waals surface area (Å²) in [6.07, 6.45) is 3.15. The van der Waals surface area contributed by atoms with Crippen molar-refractivity contribution in [1.82, 2.24) is 19.9 Å². The van der Waals surface area contributed by atoms with Gasteiger partial charge in [-0.1, -0.05) is 0 Å². The van der Waals surface area contributed by atoms with E-state index in [1.807, 2.05) is 25.7 Å². The number of aromatic nitrogens is 3. The molecule has 1 fully saturated rings. The number of fused-ring (bicyclic) bond motifs is 1. The molecule has 1 unspecified atom stereocenters. The smallest absolute Gasteiger partial charge is 0.330 e. The zero-order valence-electron chi connectivity index (χ0n) is 17.3. The van der Waals surface area contributed by atoms with Crippen molar-refractivity contribution < 1.29 is 18.3 Å². The molecule has 0 aliphatic carbocycles. The fourth-order valence-electron chi connectivity index (χ4n) is 3.63. The van der Waals surface area contributed by atoms with Gasteiger partial charge in [0.25, 0.3) is 0 Å². The predicted molar refractivity (Wildman–Crippen MR) is 121 cm³/mol. The molecule has 1 aliphatic rings. The number of carbonyl (C=O) groups excluding carboxylic acids is 1. The molecule has 0 saturated carbocycles. The molecule has 1 aliphatic heterocycles. The number of benzene rings is 1. The Morgan fingerprint density at radius 3 is 2.61 bits per heavy atom. The highest BCUT2D eigenvalue weighted by molar-refractivity contribution is 14.1. The minimum absolute atomic E-state index is 0.319. The molecule has 0 amide bonds. The van der Waals surface area contributed by atoms with Gasteiger partial charge in [-0.2, -0.15) is 0 Å². The minimum Gasteiger partial charge on any atom is -0.458 e. The molecule has 1 atom stereocenters. The van der Waals surface area contributed by atoms with Crippen LogP contribution in [-0.2, 0) is 9.53 Å². The lowest BCUT2D eigenvalue weighted by Gasteiger charge is -2.37. The van der Waals surface area contributed by atoms with Crippen LogP contribution in [0.1, 0.15) is 20.8 Å². The second-order valence-electron chi connectivity index (χ2n) is 8.32. The lowest BCUT2D eigenvalue weighted by Crippen LogP contribution is -2.56. The van der Waals surface area contributed by atoms with Gasteiger partial charge in [0.1, 0.15) is 35.4 Å². The third kappa shape index (κ3) is 4.49. The van der Waals surface area contributed by atoms with Crippen LogP contribution in [0, 0.1) is 15.2 Å². The minimum atomic E-state index is -0.673. The number of carbonyl (C=O) groups is 1. The van der Waals surface area contributed by atoms with Gasteiger partial charge in [0.2, 0.25) is 0 Å². The van der Waals surface area contributed by atoms with Crippen LogP contribution in [0.4, 0.5) is 14.6 Å². The summed E-state index contributed by atoms with van der Waals surface area (Å²) in [5, 5.41) is 3.94. The summed E-state index contributed by atoms with van der Waals surface area (Å²) < 4.78 is 35.7. The molecular formula is C21H22F2IN5O2. The zero-order valence-corrected chi connectivity index (χ0v) is 19.5. The maximum Gasteiger partial charge on any atom is 0.330 e. The number of piperazine rings is 1. The van der Waals surface area contributed by atoms with Crippen LogP contribution in [0.5, 0.6) is 0 Å².